The zero-order valence-corrected chi connectivity index (χ0v) is 5.70. The minimum atomic E-state index is 0.639. The van der Waals surface area contributed by atoms with Crippen molar-refractivity contribution < 1.29 is 0 Å². The van der Waals surface area contributed by atoms with Gasteiger partial charge in [-0.1, -0.05) is 6.58 Å². The van der Waals surface area contributed by atoms with Crippen molar-refractivity contribution in [2.75, 3.05) is 7.05 Å². The summed E-state index contributed by atoms with van der Waals surface area (Å²) >= 11 is 0. The fraction of sp³-hybridized carbons (Fsp3) is 0.167. The molecule has 1 heterocycles. The van der Waals surface area contributed by atoms with E-state index in [4.69, 9.17) is 0 Å². The van der Waals surface area contributed by atoms with E-state index < -0.39 is 0 Å². The molecule has 0 amide bonds. The first kappa shape index (κ1) is 6.67. The van der Waals surface area contributed by atoms with Gasteiger partial charge >= 0.3 is 0 Å². The van der Waals surface area contributed by atoms with Crippen molar-refractivity contribution >= 4 is 18.5 Å². The summed E-state index contributed by atoms with van der Waals surface area (Å²) < 4.78 is 0. The monoisotopic (exact) mass is 136 g/mol. The molecule has 0 aromatic heterocycles. The van der Waals surface area contributed by atoms with E-state index in [0.717, 1.165) is 0 Å². The van der Waals surface area contributed by atoms with Crippen LogP contribution in [0.3, 0.4) is 0 Å². The molecule has 0 fully saturated rings. The Kier molecular flexibility index (Phi) is 1.94. The van der Waals surface area contributed by atoms with Crippen molar-refractivity contribution in [3.8, 4) is 0 Å². The summed E-state index contributed by atoms with van der Waals surface area (Å²) in [6.45, 7) is 3.64. The van der Waals surface area contributed by atoms with Crippen LogP contribution in [0, 0.1) is 0 Å². The van der Waals surface area contributed by atoms with E-state index in [1.54, 1.807) is 13.4 Å². The number of nitrogens with zero attached hydrogens (tertiary/aromatic N) is 3. The summed E-state index contributed by atoms with van der Waals surface area (Å²) in [6.07, 6.45) is 2.99. The average Bonchev–Trinajstić information content (AvgIpc) is 2.31. The lowest BCUT2D eigenvalue weighted by atomic mass is 10.5. The van der Waals surface area contributed by atoms with Crippen LogP contribution < -0.4 is 5.32 Å². The van der Waals surface area contributed by atoms with Gasteiger partial charge in [0, 0.05) is 7.05 Å². The Morgan fingerprint density at radius 1 is 1.80 bits per heavy atom. The molecule has 0 saturated heterocycles. The number of nitrogens with one attached hydrogen (secondary N) is 1. The molecule has 1 N–H and O–H groups in total. The van der Waals surface area contributed by atoms with Crippen LogP contribution in [0.1, 0.15) is 0 Å². The summed E-state index contributed by atoms with van der Waals surface area (Å²) in [5.74, 6) is 0.658. The van der Waals surface area contributed by atoms with E-state index in [1.807, 2.05) is 0 Å². The van der Waals surface area contributed by atoms with Crippen LogP contribution in [-0.4, -0.2) is 25.6 Å². The third-order valence-electron chi connectivity index (χ3n) is 0.997. The Morgan fingerprint density at radius 3 is 3.10 bits per heavy atom. The molecule has 0 aliphatic carbocycles. The molecule has 0 saturated carbocycles. The second-order valence-corrected chi connectivity index (χ2v) is 1.70. The molecule has 0 aromatic rings. The molecule has 4 nitrogen and oxygen atoms in total. The fourth-order valence-electron chi connectivity index (χ4n) is 0.543. The molecule has 0 aromatic carbocycles. The van der Waals surface area contributed by atoms with E-state index in [1.165, 1.54) is 6.34 Å². The molecule has 10 heavy (non-hydrogen) atoms. The topological polar surface area (TPSA) is 49.1 Å². The van der Waals surface area contributed by atoms with E-state index in [2.05, 4.69) is 26.9 Å². The lowest BCUT2D eigenvalue weighted by Crippen LogP contribution is -2.15. The highest BCUT2D eigenvalue weighted by Gasteiger charge is 2.04. The van der Waals surface area contributed by atoms with Crippen molar-refractivity contribution in [1.29, 1.82) is 0 Å². The number of amidine groups is 1. The molecule has 1 rings (SSSR count). The van der Waals surface area contributed by atoms with Gasteiger partial charge in [0.1, 0.15) is 12.0 Å². The van der Waals surface area contributed by atoms with Crippen molar-refractivity contribution in [2.24, 2.45) is 15.0 Å². The standard InChI is InChI=1S/C6H8N4/c1-5-6(9-3-7-2)10-4-8-5/h3-4H,1H2,2H3,(H,7,8,9,10). The Morgan fingerprint density at radius 2 is 2.60 bits per heavy atom. The van der Waals surface area contributed by atoms with E-state index in [-0.39, 0.29) is 0 Å². The predicted octanol–water partition coefficient (Wildman–Crippen LogP) is 0.188. The second kappa shape index (κ2) is 2.91. The zero-order valence-electron chi connectivity index (χ0n) is 5.70. The predicted molar refractivity (Wildman–Crippen MR) is 42.6 cm³/mol. The van der Waals surface area contributed by atoms with Gasteiger partial charge in [-0.05, 0) is 0 Å². The van der Waals surface area contributed by atoms with Gasteiger partial charge in [-0.3, -0.25) is 4.99 Å². The van der Waals surface area contributed by atoms with Crippen LogP contribution in [0.15, 0.2) is 27.3 Å². The smallest absolute Gasteiger partial charge is 0.158 e. The first-order chi connectivity index (χ1) is 4.84. The van der Waals surface area contributed by atoms with Gasteiger partial charge in [-0.25, -0.2) is 9.98 Å². The van der Waals surface area contributed by atoms with Crippen LogP contribution in [0.25, 0.3) is 0 Å². The summed E-state index contributed by atoms with van der Waals surface area (Å²) in [7, 11) is 1.66. The molecule has 1 aliphatic heterocycles. The molecule has 0 unspecified atom stereocenters. The molecule has 0 spiro atoms. The number of hydrogen-bond acceptors (Lipinski definition) is 2. The van der Waals surface area contributed by atoms with Gasteiger partial charge < -0.3 is 5.32 Å². The summed E-state index contributed by atoms with van der Waals surface area (Å²) in [5, 5.41) is 2.81. The van der Waals surface area contributed by atoms with Gasteiger partial charge in [0.25, 0.3) is 0 Å². The van der Waals surface area contributed by atoms with Crippen molar-refractivity contribution in [3.05, 3.63) is 12.3 Å². The van der Waals surface area contributed by atoms with Gasteiger partial charge in [0.2, 0.25) is 0 Å². The summed E-state index contributed by atoms with van der Waals surface area (Å²) in [5.41, 5.74) is 0.639. The van der Waals surface area contributed by atoms with Gasteiger partial charge in [-0.15, -0.1) is 0 Å². The highest BCUT2D eigenvalue weighted by atomic mass is 15.1. The maximum absolute atomic E-state index is 3.91. The number of aliphatic imine (C=N–C) groups is 3. The van der Waals surface area contributed by atoms with E-state index in [9.17, 15) is 0 Å². The summed E-state index contributed by atoms with van der Waals surface area (Å²) in [6, 6.07) is 0. The maximum atomic E-state index is 3.91. The number of hydrogen-bond donors (Lipinski definition) is 1. The van der Waals surface area contributed by atoms with Crippen LogP contribution in [0.2, 0.25) is 0 Å². The second-order valence-electron chi connectivity index (χ2n) is 1.70. The average molecular weight is 136 g/mol. The van der Waals surface area contributed by atoms with Crippen molar-refractivity contribution in [2.45, 2.75) is 0 Å². The minimum Gasteiger partial charge on any atom is -0.329 e. The Hall–Kier alpha value is -1.45. The normalized spacial score (nSPS) is 20.9. The molecule has 0 atom stereocenters. The molecule has 1 aliphatic rings. The largest absolute Gasteiger partial charge is 0.329 e. The quantitative estimate of drug-likeness (QED) is 0.406. The van der Waals surface area contributed by atoms with Crippen molar-refractivity contribution in [1.82, 2.24) is 5.32 Å². The first-order valence-corrected chi connectivity index (χ1v) is 2.81. The van der Waals surface area contributed by atoms with Gasteiger partial charge in [0.15, 0.2) is 5.84 Å². The molecular weight excluding hydrogens is 128 g/mol. The molecule has 0 radical (unpaired) electrons. The van der Waals surface area contributed by atoms with E-state index >= 15 is 0 Å². The van der Waals surface area contributed by atoms with Gasteiger partial charge in [-0.2, -0.15) is 0 Å². The Bertz CT molecular complexity index is 224. The molecule has 52 valence electrons. The van der Waals surface area contributed by atoms with E-state index in [0.29, 0.717) is 11.5 Å². The molecule has 0 bridgehead atoms. The van der Waals surface area contributed by atoms with Crippen molar-refractivity contribution in [3.63, 3.8) is 0 Å². The molecular formula is C6H8N4. The first-order valence-electron chi connectivity index (χ1n) is 2.81. The SMILES string of the molecule is C=C1N=CN/C1=N/C=N\C. The van der Waals surface area contributed by atoms with Crippen LogP contribution in [-0.2, 0) is 0 Å². The number of rotatable bonds is 1. The van der Waals surface area contributed by atoms with Gasteiger partial charge in [0.05, 0.1) is 6.34 Å². The third kappa shape index (κ3) is 1.28. The maximum Gasteiger partial charge on any atom is 0.158 e. The fourth-order valence-corrected chi connectivity index (χ4v) is 0.543. The lowest BCUT2D eigenvalue weighted by Gasteiger charge is -1.91. The summed E-state index contributed by atoms with van der Waals surface area (Å²) in [4.78, 5) is 11.4. The zero-order chi connectivity index (χ0) is 7.40. The van der Waals surface area contributed by atoms with Crippen LogP contribution in [0.5, 0.6) is 0 Å². The molecule has 4 heteroatoms. The van der Waals surface area contributed by atoms with Crippen LogP contribution >= 0.6 is 0 Å². The third-order valence-corrected chi connectivity index (χ3v) is 0.997. The highest BCUT2D eigenvalue weighted by Crippen LogP contribution is 1.97. The highest BCUT2D eigenvalue weighted by molar-refractivity contribution is 6.10. The minimum absolute atomic E-state index is 0.639. The van der Waals surface area contributed by atoms with Crippen LogP contribution in [0.4, 0.5) is 0 Å². The Labute approximate surface area is 59.1 Å². The lowest BCUT2D eigenvalue weighted by molar-refractivity contribution is 1.40. The Balaban J connectivity index is 2.67.